The maximum Gasteiger partial charge on any atom is 0.255 e. The molecule has 2 rings (SSSR count). The number of aromatic nitrogens is 1. The summed E-state index contributed by atoms with van der Waals surface area (Å²) < 4.78 is 5.72. The average Bonchev–Trinajstić information content (AvgIpc) is 2.60. The lowest BCUT2D eigenvalue weighted by Crippen LogP contribution is -2.24. The van der Waals surface area contributed by atoms with Gasteiger partial charge < -0.3 is 15.8 Å². The number of carbonyl (C=O) groups excluding carboxylic acids is 1. The number of ether oxygens (including phenoxy) is 1. The molecule has 132 valence electrons. The summed E-state index contributed by atoms with van der Waals surface area (Å²) in [4.78, 5) is 16.3. The molecule has 2 aromatic rings. The summed E-state index contributed by atoms with van der Waals surface area (Å²) in [5, 5.41) is 2.86. The van der Waals surface area contributed by atoms with Crippen molar-refractivity contribution in [1.82, 2.24) is 10.3 Å². The van der Waals surface area contributed by atoms with Gasteiger partial charge in [-0.05, 0) is 49.6 Å². The minimum atomic E-state index is -0.235. The predicted molar refractivity (Wildman–Crippen MR) is 101 cm³/mol. The fraction of sp³-hybridized carbons (Fsp3) is 0.300. The van der Waals surface area contributed by atoms with Crippen molar-refractivity contribution in [1.29, 1.82) is 0 Å². The van der Waals surface area contributed by atoms with Gasteiger partial charge >= 0.3 is 0 Å². The molecular formula is C20H25N3O2. The molecular weight excluding hydrogens is 314 g/mol. The lowest BCUT2D eigenvalue weighted by molar-refractivity contribution is 0.0951. The Labute approximate surface area is 148 Å². The molecule has 0 aliphatic rings. The largest absolute Gasteiger partial charge is 0.493 e. The van der Waals surface area contributed by atoms with Crippen LogP contribution in [-0.2, 0) is 6.54 Å². The van der Waals surface area contributed by atoms with E-state index < -0.39 is 0 Å². The van der Waals surface area contributed by atoms with E-state index in [2.05, 4.69) is 29.4 Å². The number of aryl methyl sites for hydroxylation is 1. The van der Waals surface area contributed by atoms with Crippen LogP contribution in [0.2, 0.25) is 0 Å². The molecule has 0 aliphatic carbocycles. The quantitative estimate of drug-likeness (QED) is 0.568. The third kappa shape index (κ3) is 5.95. The first-order chi connectivity index (χ1) is 12.1. The van der Waals surface area contributed by atoms with Gasteiger partial charge in [-0.25, -0.2) is 4.98 Å². The van der Waals surface area contributed by atoms with Crippen molar-refractivity contribution >= 4 is 11.7 Å². The summed E-state index contributed by atoms with van der Waals surface area (Å²) in [5.41, 5.74) is 7.95. The third-order valence-corrected chi connectivity index (χ3v) is 3.62. The van der Waals surface area contributed by atoms with Crippen LogP contribution in [-0.4, -0.2) is 17.5 Å². The second kappa shape index (κ2) is 9.47. The Morgan fingerprint density at radius 1 is 1.28 bits per heavy atom. The Bertz CT molecular complexity index is 741. The molecule has 1 aromatic heterocycles. The highest BCUT2D eigenvalue weighted by Crippen LogP contribution is 2.14. The first-order valence-electron chi connectivity index (χ1n) is 8.48. The summed E-state index contributed by atoms with van der Waals surface area (Å²) in [5.74, 6) is 0.809. The van der Waals surface area contributed by atoms with Crippen molar-refractivity contribution in [2.45, 2.75) is 33.2 Å². The molecule has 1 aromatic carbocycles. The number of hydrogen-bond acceptors (Lipinski definition) is 4. The van der Waals surface area contributed by atoms with Gasteiger partial charge in [-0.2, -0.15) is 0 Å². The molecule has 0 saturated heterocycles. The SMILES string of the molecule is CC/C=C/CCOc1cccc(CNC(=O)c2ccc(C)nc2N)c1. The normalized spacial score (nSPS) is 10.8. The van der Waals surface area contributed by atoms with Crippen LogP contribution in [0.1, 0.15) is 41.4 Å². The molecule has 0 spiro atoms. The Morgan fingerprint density at radius 3 is 2.88 bits per heavy atom. The zero-order valence-corrected chi connectivity index (χ0v) is 14.8. The topological polar surface area (TPSA) is 77.2 Å². The standard InChI is InChI=1S/C20H25N3O2/c1-3-4-5-6-12-25-17-9-7-8-16(13-17)14-22-20(24)18-11-10-15(2)23-19(18)21/h4-5,7-11,13H,3,6,12,14H2,1-2H3,(H2,21,23)(H,22,24)/b5-4+. The Balaban J connectivity index is 1.89. The summed E-state index contributed by atoms with van der Waals surface area (Å²) in [6, 6.07) is 11.2. The highest BCUT2D eigenvalue weighted by molar-refractivity contribution is 5.98. The minimum Gasteiger partial charge on any atom is -0.493 e. The van der Waals surface area contributed by atoms with Crippen LogP contribution in [0.25, 0.3) is 0 Å². The Kier molecular flexibility index (Phi) is 7.01. The van der Waals surface area contributed by atoms with Crippen molar-refractivity contribution in [2.75, 3.05) is 12.3 Å². The number of anilines is 1. The van der Waals surface area contributed by atoms with Gasteiger partial charge in [0.25, 0.3) is 5.91 Å². The van der Waals surface area contributed by atoms with Crippen molar-refractivity contribution in [3.8, 4) is 5.75 Å². The van der Waals surface area contributed by atoms with Crippen LogP contribution in [0.5, 0.6) is 5.75 Å². The minimum absolute atomic E-state index is 0.235. The molecule has 3 N–H and O–H groups in total. The number of carbonyl (C=O) groups is 1. The number of nitrogens with one attached hydrogen (secondary N) is 1. The van der Waals surface area contributed by atoms with Crippen LogP contribution in [0.15, 0.2) is 48.6 Å². The van der Waals surface area contributed by atoms with Gasteiger partial charge in [-0.3, -0.25) is 4.79 Å². The number of rotatable bonds is 8. The van der Waals surface area contributed by atoms with Gasteiger partial charge in [-0.1, -0.05) is 31.2 Å². The number of nitrogens with zero attached hydrogens (tertiary/aromatic N) is 1. The van der Waals surface area contributed by atoms with E-state index in [1.165, 1.54) is 0 Å². The first kappa shape index (κ1) is 18.5. The number of hydrogen-bond donors (Lipinski definition) is 2. The smallest absolute Gasteiger partial charge is 0.255 e. The van der Waals surface area contributed by atoms with Crippen molar-refractivity contribution < 1.29 is 9.53 Å². The van der Waals surface area contributed by atoms with E-state index in [1.54, 1.807) is 12.1 Å². The van der Waals surface area contributed by atoms with E-state index in [9.17, 15) is 4.79 Å². The van der Waals surface area contributed by atoms with Gasteiger partial charge in [0.1, 0.15) is 11.6 Å². The molecule has 5 heteroatoms. The molecule has 0 saturated carbocycles. The number of allylic oxidation sites excluding steroid dienone is 1. The molecule has 0 atom stereocenters. The molecule has 1 amide bonds. The van der Waals surface area contributed by atoms with Crippen LogP contribution in [0, 0.1) is 6.92 Å². The van der Waals surface area contributed by atoms with Gasteiger partial charge in [0.05, 0.1) is 12.2 Å². The fourth-order valence-corrected chi connectivity index (χ4v) is 2.32. The maximum absolute atomic E-state index is 12.2. The van der Waals surface area contributed by atoms with Gasteiger partial charge in [0, 0.05) is 12.2 Å². The molecule has 25 heavy (non-hydrogen) atoms. The molecule has 0 aliphatic heterocycles. The summed E-state index contributed by atoms with van der Waals surface area (Å²) in [6.45, 7) is 4.98. The van der Waals surface area contributed by atoms with Crippen LogP contribution < -0.4 is 15.8 Å². The third-order valence-electron chi connectivity index (χ3n) is 3.62. The van der Waals surface area contributed by atoms with Gasteiger partial charge in [0.15, 0.2) is 0 Å². The second-order valence-corrected chi connectivity index (χ2v) is 5.73. The van der Waals surface area contributed by atoms with Gasteiger partial charge in [0.2, 0.25) is 0 Å². The summed E-state index contributed by atoms with van der Waals surface area (Å²) >= 11 is 0. The lowest BCUT2D eigenvalue weighted by Gasteiger charge is -2.09. The molecule has 0 fully saturated rings. The number of benzene rings is 1. The molecule has 1 heterocycles. The summed E-state index contributed by atoms with van der Waals surface area (Å²) in [6.07, 6.45) is 6.16. The second-order valence-electron chi connectivity index (χ2n) is 5.73. The van der Waals surface area contributed by atoms with E-state index in [0.29, 0.717) is 18.7 Å². The molecule has 5 nitrogen and oxygen atoms in total. The van der Waals surface area contributed by atoms with Crippen molar-refractivity contribution in [3.63, 3.8) is 0 Å². The zero-order valence-electron chi connectivity index (χ0n) is 14.8. The Morgan fingerprint density at radius 2 is 2.12 bits per heavy atom. The van der Waals surface area contributed by atoms with E-state index in [4.69, 9.17) is 10.5 Å². The first-order valence-corrected chi connectivity index (χ1v) is 8.48. The average molecular weight is 339 g/mol. The molecule has 0 unspecified atom stereocenters. The fourth-order valence-electron chi connectivity index (χ4n) is 2.32. The van der Waals surface area contributed by atoms with Crippen molar-refractivity contribution in [3.05, 3.63) is 65.4 Å². The molecule has 0 radical (unpaired) electrons. The zero-order chi connectivity index (χ0) is 18.1. The van der Waals surface area contributed by atoms with E-state index in [1.807, 2.05) is 31.2 Å². The number of nitrogens with two attached hydrogens (primary N) is 1. The number of nitrogen functional groups attached to an aromatic ring is 1. The van der Waals surface area contributed by atoms with Crippen LogP contribution in [0.3, 0.4) is 0 Å². The van der Waals surface area contributed by atoms with Crippen LogP contribution >= 0.6 is 0 Å². The highest BCUT2D eigenvalue weighted by Gasteiger charge is 2.10. The lowest BCUT2D eigenvalue weighted by atomic mass is 10.2. The van der Waals surface area contributed by atoms with Crippen LogP contribution in [0.4, 0.5) is 5.82 Å². The highest BCUT2D eigenvalue weighted by atomic mass is 16.5. The summed E-state index contributed by atoms with van der Waals surface area (Å²) in [7, 11) is 0. The van der Waals surface area contributed by atoms with Gasteiger partial charge in [-0.15, -0.1) is 0 Å². The molecule has 0 bridgehead atoms. The van der Waals surface area contributed by atoms with E-state index >= 15 is 0 Å². The maximum atomic E-state index is 12.2. The number of amides is 1. The predicted octanol–water partition coefficient (Wildman–Crippen LogP) is 3.64. The van der Waals surface area contributed by atoms with E-state index in [0.717, 1.165) is 29.8 Å². The van der Waals surface area contributed by atoms with Crippen molar-refractivity contribution in [2.24, 2.45) is 0 Å². The van der Waals surface area contributed by atoms with E-state index in [-0.39, 0.29) is 11.7 Å². The number of pyridine rings is 1. The Hall–Kier alpha value is -2.82. The monoisotopic (exact) mass is 339 g/mol.